The number of aromatic hydroxyl groups is 1. The second kappa shape index (κ2) is 9.05. The number of benzene rings is 1. The van der Waals surface area contributed by atoms with Crippen LogP contribution in [0.25, 0.3) is 0 Å². The van der Waals surface area contributed by atoms with Crippen molar-refractivity contribution in [2.45, 2.75) is 34.2 Å². The fourth-order valence-corrected chi connectivity index (χ4v) is 2.72. The third kappa shape index (κ3) is 4.23. The molecule has 26 heavy (non-hydrogen) atoms. The van der Waals surface area contributed by atoms with Gasteiger partial charge in [-0.1, -0.05) is 30.3 Å². The third-order valence-corrected chi connectivity index (χ3v) is 3.93. The average Bonchev–Trinajstić information content (AvgIpc) is 2.86. The summed E-state index contributed by atoms with van der Waals surface area (Å²) in [6.07, 6.45) is 0. The van der Waals surface area contributed by atoms with E-state index in [0.717, 1.165) is 5.56 Å². The van der Waals surface area contributed by atoms with Crippen molar-refractivity contribution < 1.29 is 19.5 Å². The molecule has 1 aromatic carbocycles. The summed E-state index contributed by atoms with van der Waals surface area (Å²) >= 11 is 0. The average molecular weight is 359 g/mol. The molecule has 0 saturated heterocycles. The first-order valence-electron chi connectivity index (χ1n) is 8.55. The molecule has 0 aliphatic rings. The van der Waals surface area contributed by atoms with Gasteiger partial charge in [0.25, 0.3) is 0 Å². The summed E-state index contributed by atoms with van der Waals surface area (Å²) in [5.41, 5.74) is 5.23. The molecule has 0 atom stereocenters. The Balaban J connectivity index is 2.53. The van der Waals surface area contributed by atoms with Gasteiger partial charge in [-0.2, -0.15) is 10.7 Å². The first-order valence-corrected chi connectivity index (χ1v) is 8.55. The Morgan fingerprint density at radius 1 is 1.23 bits per heavy atom. The van der Waals surface area contributed by atoms with Crippen LogP contribution >= 0.6 is 0 Å². The van der Waals surface area contributed by atoms with Crippen molar-refractivity contribution in [3.8, 4) is 5.75 Å². The second-order valence-electron chi connectivity index (χ2n) is 5.67. The normalized spacial score (nSPS) is 11.5. The van der Waals surface area contributed by atoms with Crippen molar-refractivity contribution in [1.29, 1.82) is 0 Å². The van der Waals surface area contributed by atoms with Crippen molar-refractivity contribution >= 4 is 11.7 Å². The van der Waals surface area contributed by atoms with Crippen LogP contribution < -0.4 is 5.59 Å². The minimum atomic E-state index is -0.555. The smallest absolute Gasteiger partial charge is 0.343 e. The number of nitrogens with zero attached hydrogens (tertiary/aromatic N) is 2. The molecule has 1 aromatic heterocycles. The van der Waals surface area contributed by atoms with Crippen LogP contribution in [0.3, 0.4) is 0 Å². The summed E-state index contributed by atoms with van der Waals surface area (Å²) in [6.45, 7) is 8.23. The number of rotatable bonds is 8. The van der Waals surface area contributed by atoms with Gasteiger partial charge in [0.05, 0.1) is 18.9 Å². The number of esters is 1. The summed E-state index contributed by atoms with van der Waals surface area (Å²) in [5, 5.41) is 14.8. The SMILES string of the molecule is CCON/N=C(\C)c1c(O)c(C(=O)OCC)c(C)n1Cc1ccccc1. The van der Waals surface area contributed by atoms with Gasteiger partial charge in [0.1, 0.15) is 11.3 Å². The van der Waals surface area contributed by atoms with E-state index in [4.69, 9.17) is 9.57 Å². The van der Waals surface area contributed by atoms with E-state index in [2.05, 4.69) is 10.7 Å². The van der Waals surface area contributed by atoms with E-state index in [1.165, 1.54) is 0 Å². The van der Waals surface area contributed by atoms with Crippen molar-refractivity contribution in [1.82, 2.24) is 10.2 Å². The molecule has 7 heteroatoms. The van der Waals surface area contributed by atoms with Gasteiger partial charge >= 0.3 is 5.97 Å². The number of carbonyl (C=O) groups excluding carboxylic acids is 1. The number of nitrogens with one attached hydrogen (secondary N) is 1. The summed E-state index contributed by atoms with van der Waals surface area (Å²) in [4.78, 5) is 17.3. The van der Waals surface area contributed by atoms with E-state index >= 15 is 0 Å². The highest BCUT2D eigenvalue weighted by molar-refractivity contribution is 6.05. The fraction of sp³-hybridized carbons (Fsp3) is 0.368. The lowest BCUT2D eigenvalue weighted by Gasteiger charge is -2.12. The predicted molar refractivity (Wildman–Crippen MR) is 99.3 cm³/mol. The largest absolute Gasteiger partial charge is 0.505 e. The lowest BCUT2D eigenvalue weighted by Crippen LogP contribution is -2.15. The molecule has 0 spiro atoms. The number of carbonyl (C=O) groups is 1. The van der Waals surface area contributed by atoms with E-state index in [0.29, 0.717) is 30.3 Å². The van der Waals surface area contributed by atoms with Gasteiger partial charge in [-0.15, -0.1) is 0 Å². The van der Waals surface area contributed by atoms with E-state index < -0.39 is 5.97 Å². The van der Waals surface area contributed by atoms with Crippen LogP contribution in [0.1, 0.15) is 48.1 Å². The third-order valence-electron chi connectivity index (χ3n) is 3.93. The Morgan fingerprint density at radius 2 is 1.92 bits per heavy atom. The van der Waals surface area contributed by atoms with Crippen molar-refractivity contribution in [2.24, 2.45) is 5.10 Å². The standard InChI is InChI=1S/C19H25N3O4/c1-5-25-19(24)16-14(4)22(12-15-10-8-7-9-11-15)17(18(16)23)13(3)20-21-26-6-2/h7-11,21,23H,5-6,12H2,1-4H3/b20-13+. The van der Waals surface area contributed by atoms with Gasteiger partial charge in [0, 0.05) is 12.2 Å². The minimum Gasteiger partial charge on any atom is -0.505 e. The van der Waals surface area contributed by atoms with Gasteiger partial charge < -0.3 is 14.4 Å². The molecule has 0 unspecified atom stereocenters. The van der Waals surface area contributed by atoms with Gasteiger partial charge in [-0.3, -0.25) is 4.84 Å². The van der Waals surface area contributed by atoms with E-state index in [-0.39, 0.29) is 17.9 Å². The van der Waals surface area contributed by atoms with Crippen LogP contribution in [0.5, 0.6) is 5.75 Å². The lowest BCUT2D eigenvalue weighted by molar-refractivity contribution is 0.0522. The zero-order chi connectivity index (χ0) is 19.1. The topological polar surface area (TPSA) is 85.1 Å². The molecule has 7 nitrogen and oxygen atoms in total. The highest BCUT2D eigenvalue weighted by Gasteiger charge is 2.27. The monoisotopic (exact) mass is 359 g/mol. The van der Waals surface area contributed by atoms with E-state index in [9.17, 15) is 9.90 Å². The number of hydrazone groups is 1. The van der Waals surface area contributed by atoms with Gasteiger partial charge in [-0.05, 0) is 33.3 Å². The maximum atomic E-state index is 12.3. The van der Waals surface area contributed by atoms with Gasteiger partial charge in [-0.25, -0.2) is 4.79 Å². The highest BCUT2D eigenvalue weighted by atomic mass is 16.7. The Morgan fingerprint density at radius 3 is 2.54 bits per heavy atom. The first-order chi connectivity index (χ1) is 12.5. The van der Waals surface area contributed by atoms with Crippen LogP contribution in [0.4, 0.5) is 0 Å². The Bertz CT molecular complexity index is 782. The lowest BCUT2D eigenvalue weighted by atomic mass is 10.2. The second-order valence-corrected chi connectivity index (χ2v) is 5.67. The summed E-state index contributed by atoms with van der Waals surface area (Å²) in [5.74, 6) is -0.697. The zero-order valence-corrected chi connectivity index (χ0v) is 15.6. The highest BCUT2D eigenvalue weighted by Crippen LogP contribution is 2.31. The van der Waals surface area contributed by atoms with Gasteiger partial charge in [0.2, 0.25) is 0 Å². The molecule has 0 amide bonds. The maximum Gasteiger partial charge on any atom is 0.343 e. The Hall–Kier alpha value is -2.80. The van der Waals surface area contributed by atoms with Crippen LogP contribution in [0.15, 0.2) is 35.4 Å². The van der Waals surface area contributed by atoms with Gasteiger partial charge in [0.15, 0.2) is 5.75 Å². The summed E-state index contributed by atoms with van der Waals surface area (Å²) < 4.78 is 6.94. The fourth-order valence-electron chi connectivity index (χ4n) is 2.72. The van der Waals surface area contributed by atoms with Crippen molar-refractivity contribution in [3.05, 3.63) is 52.8 Å². The number of hydrogen-bond acceptors (Lipinski definition) is 6. The summed E-state index contributed by atoms with van der Waals surface area (Å²) in [7, 11) is 0. The van der Waals surface area contributed by atoms with E-state index in [1.807, 2.05) is 41.8 Å². The molecule has 2 rings (SSSR count). The molecule has 0 saturated carbocycles. The van der Waals surface area contributed by atoms with Crippen LogP contribution in [0.2, 0.25) is 0 Å². The summed E-state index contributed by atoms with van der Waals surface area (Å²) in [6, 6.07) is 9.78. The maximum absolute atomic E-state index is 12.3. The number of ether oxygens (including phenoxy) is 1. The first kappa shape index (κ1) is 19.5. The molecule has 2 aromatic rings. The zero-order valence-electron chi connectivity index (χ0n) is 15.6. The molecule has 0 fully saturated rings. The van der Waals surface area contributed by atoms with Crippen LogP contribution in [-0.2, 0) is 16.1 Å². The molecule has 0 aliphatic heterocycles. The minimum absolute atomic E-state index is 0.142. The Kier molecular flexibility index (Phi) is 6.80. The predicted octanol–water partition coefficient (Wildman–Crippen LogP) is 2.99. The van der Waals surface area contributed by atoms with Crippen LogP contribution in [0, 0.1) is 6.92 Å². The number of aromatic nitrogens is 1. The van der Waals surface area contributed by atoms with E-state index in [1.54, 1.807) is 20.8 Å². The molecule has 1 heterocycles. The van der Waals surface area contributed by atoms with Crippen molar-refractivity contribution in [3.63, 3.8) is 0 Å². The molecule has 0 bridgehead atoms. The molecule has 140 valence electrons. The molecule has 2 N–H and O–H groups in total. The quantitative estimate of drug-likeness (QED) is 0.328. The molecule has 0 radical (unpaired) electrons. The molecular formula is C19H25N3O4. The van der Waals surface area contributed by atoms with Crippen LogP contribution in [-0.4, -0.2) is 34.6 Å². The Labute approximate surface area is 153 Å². The number of hydrogen-bond donors (Lipinski definition) is 2. The molecule has 0 aliphatic carbocycles. The van der Waals surface area contributed by atoms with Crippen molar-refractivity contribution in [2.75, 3.05) is 13.2 Å². The molecular weight excluding hydrogens is 334 g/mol.